The number of hydrogen-bond acceptors (Lipinski definition) is 7. The van der Waals surface area contributed by atoms with Crippen LogP contribution in [0, 0.1) is 10.1 Å². The van der Waals surface area contributed by atoms with Crippen LogP contribution >= 0.6 is 11.6 Å². The van der Waals surface area contributed by atoms with Crippen LogP contribution in [0.5, 0.6) is 0 Å². The number of rotatable bonds is 7. The van der Waals surface area contributed by atoms with Crippen molar-refractivity contribution in [3.8, 4) is 0 Å². The summed E-state index contributed by atoms with van der Waals surface area (Å²) in [5.74, 6) is 0.151. The summed E-state index contributed by atoms with van der Waals surface area (Å²) in [7, 11) is 0. The third kappa shape index (κ3) is 4.17. The lowest BCUT2D eigenvalue weighted by atomic mass is 10.2. The van der Waals surface area contributed by atoms with Crippen molar-refractivity contribution in [2.24, 2.45) is 0 Å². The SMILES string of the molecule is O=[N+]([O-])c1c(NCc2ccccc2Cl)ncnc1NNc1ccccc1. The fourth-order valence-corrected chi connectivity index (χ4v) is 2.45. The predicted octanol–water partition coefficient (Wildman–Crippen LogP) is 4.09. The molecule has 0 spiro atoms. The van der Waals surface area contributed by atoms with Crippen LogP contribution in [-0.4, -0.2) is 14.9 Å². The van der Waals surface area contributed by atoms with Gasteiger partial charge >= 0.3 is 5.69 Å². The predicted molar refractivity (Wildman–Crippen MR) is 101 cm³/mol. The lowest BCUT2D eigenvalue weighted by molar-refractivity contribution is -0.383. The molecule has 0 fully saturated rings. The molecule has 0 bridgehead atoms. The molecule has 0 amide bonds. The number of nitrogens with one attached hydrogen (secondary N) is 3. The maximum absolute atomic E-state index is 11.5. The Labute approximate surface area is 154 Å². The molecule has 0 atom stereocenters. The fourth-order valence-electron chi connectivity index (χ4n) is 2.25. The molecule has 1 heterocycles. The van der Waals surface area contributed by atoms with Crippen LogP contribution < -0.4 is 16.2 Å². The number of halogens is 1. The molecule has 0 saturated carbocycles. The Kier molecular flexibility index (Phi) is 5.45. The van der Waals surface area contributed by atoms with E-state index in [0.29, 0.717) is 11.6 Å². The van der Waals surface area contributed by atoms with E-state index in [0.717, 1.165) is 11.3 Å². The largest absolute Gasteiger partial charge is 0.360 e. The van der Waals surface area contributed by atoms with Crippen LogP contribution in [0.25, 0.3) is 0 Å². The van der Waals surface area contributed by atoms with E-state index in [1.165, 1.54) is 6.33 Å². The van der Waals surface area contributed by atoms with Crippen LogP contribution in [0.3, 0.4) is 0 Å². The maximum atomic E-state index is 11.5. The Hall–Kier alpha value is -3.39. The van der Waals surface area contributed by atoms with Crippen molar-refractivity contribution in [3.63, 3.8) is 0 Å². The smallest absolute Gasteiger partial charge is 0.354 e. The summed E-state index contributed by atoms with van der Waals surface area (Å²) in [4.78, 5) is 18.9. The first-order valence-corrected chi connectivity index (χ1v) is 8.06. The van der Waals surface area contributed by atoms with Gasteiger partial charge < -0.3 is 5.32 Å². The Balaban J connectivity index is 1.79. The second-order valence-electron chi connectivity index (χ2n) is 5.24. The van der Waals surface area contributed by atoms with Gasteiger partial charge in [0.15, 0.2) is 0 Å². The number of anilines is 3. The first-order chi connectivity index (χ1) is 12.6. The maximum Gasteiger partial charge on any atom is 0.354 e. The Morgan fingerprint density at radius 3 is 2.38 bits per heavy atom. The molecule has 0 aliphatic rings. The molecule has 9 heteroatoms. The fraction of sp³-hybridized carbons (Fsp3) is 0.0588. The van der Waals surface area contributed by atoms with Gasteiger partial charge in [-0.15, -0.1) is 0 Å². The van der Waals surface area contributed by atoms with Gasteiger partial charge in [-0.05, 0) is 23.8 Å². The van der Waals surface area contributed by atoms with Crippen molar-refractivity contribution in [1.82, 2.24) is 9.97 Å². The highest BCUT2D eigenvalue weighted by atomic mass is 35.5. The van der Waals surface area contributed by atoms with E-state index in [2.05, 4.69) is 26.1 Å². The molecule has 3 rings (SSSR count). The molecule has 0 aliphatic heterocycles. The molecular formula is C17H15ClN6O2. The van der Waals surface area contributed by atoms with Gasteiger partial charge in [-0.2, -0.15) is 0 Å². The first kappa shape index (κ1) is 17.4. The number of nitro groups is 1. The lowest BCUT2D eigenvalue weighted by Crippen LogP contribution is -2.14. The molecule has 26 heavy (non-hydrogen) atoms. The van der Waals surface area contributed by atoms with Crippen molar-refractivity contribution in [2.75, 3.05) is 16.2 Å². The summed E-state index contributed by atoms with van der Waals surface area (Å²) in [5.41, 5.74) is 6.91. The van der Waals surface area contributed by atoms with Crippen LogP contribution in [-0.2, 0) is 6.54 Å². The highest BCUT2D eigenvalue weighted by Gasteiger charge is 2.23. The molecule has 3 N–H and O–H groups in total. The summed E-state index contributed by atoms with van der Waals surface area (Å²) in [6.07, 6.45) is 1.25. The molecule has 0 radical (unpaired) electrons. The highest BCUT2D eigenvalue weighted by molar-refractivity contribution is 6.31. The summed E-state index contributed by atoms with van der Waals surface area (Å²) in [6, 6.07) is 16.4. The topological polar surface area (TPSA) is 105 Å². The first-order valence-electron chi connectivity index (χ1n) is 7.69. The third-order valence-electron chi connectivity index (χ3n) is 3.51. The van der Waals surface area contributed by atoms with E-state index in [4.69, 9.17) is 11.6 Å². The average Bonchev–Trinajstić information content (AvgIpc) is 2.66. The summed E-state index contributed by atoms with van der Waals surface area (Å²) >= 11 is 6.11. The van der Waals surface area contributed by atoms with E-state index in [-0.39, 0.29) is 17.3 Å². The zero-order valence-electron chi connectivity index (χ0n) is 13.5. The molecule has 3 aromatic rings. The zero-order valence-corrected chi connectivity index (χ0v) is 14.3. The molecule has 0 unspecified atom stereocenters. The van der Waals surface area contributed by atoms with E-state index in [9.17, 15) is 10.1 Å². The second kappa shape index (κ2) is 8.13. The van der Waals surface area contributed by atoms with Crippen molar-refractivity contribution in [2.45, 2.75) is 6.54 Å². The van der Waals surface area contributed by atoms with Crippen LogP contribution in [0.15, 0.2) is 60.9 Å². The van der Waals surface area contributed by atoms with Gasteiger partial charge in [0.05, 0.1) is 10.6 Å². The Morgan fingerprint density at radius 1 is 0.962 bits per heavy atom. The van der Waals surface area contributed by atoms with Crippen LogP contribution in [0.1, 0.15) is 5.56 Å². The minimum Gasteiger partial charge on any atom is -0.360 e. The zero-order chi connectivity index (χ0) is 18.4. The lowest BCUT2D eigenvalue weighted by Gasteiger charge is -2.12. The summed E-state index contributed by atoms with van der Waals surface area (Å²) < 4.78 is 0. The van der Waals surface area contributed by atoms with E-state index < -0.39 is 4.92 Å². The van der Waals surface area contributed by atoms with Crippen molar-refractivity contribution in [3.05, 3.63) is 81.6 Å². The Morgan fingerprint density at radius 2 is 1.65 bits per heavy atom. The van der Waals surface area contributed by atoms with Gasteiger partial charge in [0.2, 0.25) is 11.6 Å². The average molecular weight is 371 g/mol. The van der Waals surface area contributed by atoms with Gasteiger partial charge in [-0.25, -0.2) is 9.97 Å². The van der Waals surface area contributed by atoms with Gasteiger partial charge in [0, 0.05) is 11.6 Å². The Bertz CT molecular complexity index is 907. The molecule has 0 saturated heterocycles. The standard InChI is InChI=1S/C17H15ClN6O2/c18-14-9-5-4-6-12(14)10-19-16-15(24(25)26)17(21-11-20-16)23-22-13-7-2-1-3-8-13/h1-9,11,22H,10H2,(H2,19,20,21,23). The summed E-state index contributed by atoms with van der Waals surface area (Å²) in [6.45, 7) is 0.295. The number of benzene rings is 2. The van der Waals surface area contributed by atoms with E-state index in [1.807, 2.05) is 48.5 Å². The monoisotopic (exact) mass is 370 g/mol. The number of aromatic nitrogens is 2. The molecular weight excluding hydrogens is 356 g/mol. The number of nitrogens with zero attached hydrogens (tertiary/aromatic N) is 3. The van der Waals surface area contributed by atoms with Crippen molar-refractivity contribution >= 4 is 34.6 Å². The van der Waals surface area contributed by atoms with Gasteiger partial charge in [0.1, 0.15) is 6.33 Å². The third-order valence-corrected chi connectivity index (χ3v) is 3.88. The number of hydrogen-bond donors (Lipinski definition) is 3. The minimum atomic E-state index is -0.538. The molecule has 132 valence electrons. The quantitative estimate of drug-likeness (QED) is 0.425. The second-order valence-corrected chi connectivity index (χ2v) is 5.64. The van der Waals surface area contributed by atoms with Crippen LogP contribution in [0.4, 0.5) is 23.0 Å². The van der Waals surface area contributed by atoms with Gasteiger partial charge in [-0.3, -0.25) is 21.0 Å². The summed E-state index contributed by atoms with van der Waals surface area (Å²) in [5, 5.41) is 15.0. The van der Waals surface area contributed by atoms with E-state index in [1.54, 1.807) is 6.07 Å². The highest BCUT2D eigenvalue weighted by Crippen LogP contribution is 2.29. The normalized spacial score (nSPS) is 10.2. The molecule has 8 nitrogen and oxygen atoms in total. The van der Waals surface area contributed by atoms with Crippen molar-refractivity contribution in [1.29, 1.82) is 0 Å². The van der Waals surface area contributed by atoms with E-state index >= 15 is 0 Å². The minimum absolute atomic E-state index is 0.0514. The molecule has 2 aromatic carbocycles. The van der Waals surface area contributed by atoms with Gasteiger partial charge in [-0.1, -0.05) is 48.0 Å². The van der Waals surface area contributed by atoms with Crippen LogP contribution in [0.2, 0.25) is 5.02 Å². The molecule has 1 aromatic heterocycles. The number of para-hydroxylation sites is 1. The number of hydrazine groups is 1. The van der Waals surface area contributed by atoms with Crippen molar-refractivity contribution < 1.29 is 4.92 Å². The van der Waals surface area contributed by atoms with Gasteiger partial charge in [0.25, 0.3) is 0 Å². The molecule has 0 aliphatic carbocycles.